The number of urea groups is 1. The summed E-state index contributed by atoms with van der Waals surface area (Å²) < 4.78 is 0. The van der Waals surface area contributed by atoms with Gasteiger partial charge in [0.25, 0.3) is 5.91 Å². The van der Waals surface area contributed by atoms with Gasteiger partial charge >= 0.3 is 6.03 Å². The number of carbonyl (C=O) groups excluding carboxylic acids is 2. The number of hydrogen-bond donors (Lipinski definition) is 2. The van der Waals surface area contributed by atoms with Gasteiger partial charge in [-0.05, 0) is 31.5 Å². The van der Waals surface area contributed by atoms with Crippen molar-refractivity contribution in [3.05, 3.63) is 35.4 Å². The summed E-state index contributed by atoms with van der Waals surface area (Å²) >= 11 is 0. The Hall–Kier alpha value is -2.04. The Labute approximate surface area is 114 Å². The van der Waals surface area contributed by atoms with Crippen molar-refractivity contribution in [2.45, 2.75) is 26.4 Å². The zero-order valence-corrected chi connectivity index (χ0v) is 11.9. The van der Waals surface area contributed by atoms with E-state index in [1.54, 1.807) is 31.1 Å². The van der Waals surface area contributed by atoms with Crippen LogP contribution in [0.3, 0.4) is 0 Å². The van der Waals surface area contributed by atoms with Gasteiger partial charge in [0.05, 0.1) is 0 Å². The van der Waals surface area contributed by atoms with Gasteiger partial charge in [0, 0.05) is 32.2 Å². The fraction of sp³-hybridized carbons (Fsp3) is 0.429. The summed E-state index contributed by atoms with van der Waals surface area (Å²) in [7, 11) is 3.34. The minimum absolute atomic E-state index is 0.0169. The fourth-order valence-electron chi connectivity index (χ4n) is 1.52. The lowest BCUT2D eigenvalue weighted by atomic mass is 10.1. The Morgan fingerprint density at radius 2 is 2.00 bits per heavy atom. The predicted molar refractivity (Wildman–Crippen MR) is 75.0 cm³/mol. The van der Waals surface area contributed by atoms with Crippen LogP contribution in [0.5, 0.6) is 0 Å². The second-order valence-electron chi connectivity index (χ2n) is 4.64. The molecule has 1 rings (SSSR count). The highest BCUT2D eigenvalue weighted by molar-refractivity contribution is 5.94. The fourth-order valence-corrected chi connectivity index (χ4v) is 1.52. The molecule has 0 fully saturated rings. The quantitative estimate of drug-likeness (QED) is 0.866. The highest BCUT2D eigenvalue weighted by atomic mass is 16.2. The van der Waals surface area contributed by atoms with E-state index in [0.29, 0.717) is 12.1 Å². The van der Waals surface area contributed by atoms with Crippen molar-refractivity contribution in [2.24, 2.45) is 0 Å². The van der Waals surface area contributed by atoms with Crippen molar-refractivity contribution in [1.29, 1.82) is 0 Å². The molecule has 2 N–H and O–H groups in total. The molecule has 5 nitrogen and oxygen atoms in total. The molecule has 5 heteroatoms. The molecule has 0 unspecified atom stereocenters. The maximum absolute atomic E-state index is 12.2. The van der Waals surface area contributed by atoms with Crippen molar-refractivity contribution in [1.82, 2.24) is 15.5 Å². The second-order valence-corrected chi connectivity index (χ2v) is 4.64. The van der Waals surface area contributed by atoms with Crippen molar-refractivity contribution >= 4 is 11.9 Å². The van der Waals surface area contributed by atoms with E-state index < -0.39 is 0 Å². The van der Waals surface area contributed by atoms with Gasteiger partial charge in [0.2, 0.25) is 0 Å². The first-order chi connectivity index (χ1) is 8.95. The van der Waals surface area contributed by atoms with Crippen LogP contribution < -0.4 is 10.6 Å². The van der Waals surface area contributed by atoms with Gasteiger partial charge in [-0.3, -0.25) is 4.79 Å². The number of benzene rings is 1. The smallest absolute Gasteiger partial charge is 0.314 e. The summed E-state index contributed by atoms with van der Waals surface area (Å²) in [6.07, 6.45) is 0. The van der Waals surface area contributed by atoms with Crippen molar-refractivity contribution in [3.63, 3.8) is 0 Å². The zero-order valence-electron chi connectivity index (χ0n) is 11.9. The first-order valence-electron chi connectivity index (χ1n) is 6.27. The van der Waals surface area contributed by atoms with Crippen LogP contribution in [0.25, 0.3) is 0 Å². The van der Waals surface area contributed by atoms with E-state index in [0.717, 1.165) is 5.56 Å². The molecule has 0 saturated heterocycles. The first kappa shape index (κ1) is 15.0. The number of nitrogens with zero attached hydrogens (tertiary/aromatic N) is 1. The molecule has 1 aromatic carbocycles. The van der Waals surface area contributed by atoms with E-state index in [-0.39, 0.29) is 18.0 Å². The van der Waals surface area contributed by atoms with E-state index in [1.165, 1.54) is 0 Å². The normalized spacial score (nSPS) is 10.2. The van der Waals surface area contributed by atoms with Gasteiger partial charge in [0.15, 0.2) is 0 Å². The molecule has 19 heavy (non-hydrogen) atoms. The lowest BCUT2D eigenvalue weighted by Crippen LogP contribution is -2.33. The molecule has 0 aromatic heterocycles. The predicted octanol–water partition coefficient (Wildman–Crippen LogP) is 1.60. The SMILES string of the molecule is CNC(=O)NCc1cccc(C(=O)N(C)C(C)C)c1. The second kappa shape index (κ2) is 6.78. The third-order valence-corrected chi connectivity index (χ3v) is 2.95. The summed E-state index contributed by atoms with van der Waals surface area (Å²) in [6, 6.07) is 7.20. The van der Waals surface area contributed by atoms with Crippen LogP contribution in [0.15, 0.2) is 24.3 Å². The molecule has 0 radical (unpaired) electrons. The molecule has 0 aliphatic carbocycles. The molecule has 3 amide bonds. The minimum Gasteiger partial charge on any atom is -0.341 e. The molecule has 0 saturated carbocycles. The summed E-state index contributed by atoms with van der Waals surface area (Å²) in [5, 5.41) is 5.17. The van der Waals surface area contributed by atoms with Gasteiger partial charge in [-0.2, -0.15) is 0 Å². The first-order valence-corrected chi connectivity index (χ1v) is 6.27. The van der Waals surface area contributed by atoms with E-state index in [9.17, 15) is 9.59 Å². The number of nitrogens with one attached hydrogen (secondary N) is 2. The van der Waals surface area contributed by atoms with E-state index in [2.05, 4.69) is 10.6 Å². The average Bonchev–Trinajstić information content (AvgIpc) is 2.43. The molecular formula is C14H21N3O2. The van der Waals surface area contributed by atoms with Crippen molar-refractivity contribution < 1.29 is 9.59 Å². The maximum atomic E-state index is 12.2. The Morgan fingerprint density at radius 3 is 2.58 bits per heavy atom. The Kier molecular flexibility index (Phi) is 5.36. The summed E-state index contributed by atoms with van der Waals surface area (Å²) in [4.78, 5) is 24.9. The Morgan fingerprint density at radius 1 is 1.32 bits per heavy atom. The van der Waals surface area contributed by atoms with Crippen molar-refractivity contribution in [2.75, 3.05) is 14.1 Å². The van der Waals surface area contributed by atoms with Gasteiger partial charge in [-0.25, -0.2) is 4.79 Å². The lowest BCUT2D eigenvalue weighted by Gasteiger charge is -2.21. The lowest BCUT2D eigenvalue weighted by molar-refractivity contribution is 0.0755. The largest absolute Gasteiger partial charge is 0.341 e. The summed E-state index contributed by atoms with van der Waals surface area (Å²) in [6.45, 7) is 4.33. The highest BCUT2D eigenvalue weighted by Gasteiger charge is 2.14. The monoisotopic (exact) mass is 263 g/mol. The van der Waals surface area contributed by atoms with Crippen LogP contribution >= 0.6 is 0 Å². The van der Waals surface area contributed by atoms with Crippen LogP contribution in [0.2, 0.25) is 0 Å². The zero-order chi connectivity index (χ0) is 14.4. The van der Waals surface area contributed by atoms with Gasteiger partial charge in [-0.1, -0.05) is 12.1 Å². The van der Waals surface area contributed by atoms with Crippen LogP contribution in [0.1, 0.15) is 29.8 Å². The molecule has 0 spiro atoms. The van der Waals surface area contributed by atoms with E-state index in [4.69, 9.17) is 0 Å². The van der Waals surface area contributed by atoms with E-state index >= 15 is 0 Å². The molecule has 0 heterocycles. The average molecular weight is 263 g/mol. The molecule has 0 aliphatic rings. The van der Waals surface area contributed by atoms with Crippen LogP contribution in [-0.2, 0) is 6.54 Å². The molecule has 1 aromatic rings. The van der Waals surface area contributed by atoms with Crippen LogP contribution in [0, 0.1) is 0 Å². The third-order valence-electron chi connectivity index (χ3n) is 2.95. The summed E-state index contributed by atoms with van der Waals surface area (Å²) in [5.41, 5.74) is 1.53. The van der Waals surface area contributed by atoms with Crippen LogP contribution in [-0.4, -0.2) is 37.0 Å². The number of carbonyl (C=O) groups is 2. The Bertz CT molecular complexity index is 458. The topological polar surface area (TPSA) is 61.4 Å². The minimum atomic E-state index is -0.240. The maximum Gasteiger partial charge on any atom is 0.314 e. The van der Waals surface area contributed by atoms with Gasteiger partial charge in [0.1, 0.15) is 0 Å². The van der Waals surface area contributed by atoms with E-state index in [1.807, 2.05) is 26.0 Å². The van der Waals surface area contributed by atoms with Crippen molar-refractivity contribution in [3.8, 4) is 0 Å². The molecule has 0 atom stereocenters. The standard InChI is InChI=1S/C14H21N3O2/c1-10(2)17(4)13(18)12-7-5-6-11(8-12)9-16-14(19)15-3/h5-8,10H,9H2,1-4H3,(H2,15,16,19). The Balaban J connectivity index is 2.77. The number of rotatable bonds is 4. The molecule has 104 valence electrons. The molecule has 0 bridgehead atoms. The van der Waals surface area contributed by atoms with Gasteiger partial charge in [-0.15, -0.1) is 0 Å². The molecular weight excluding hydrogens is 242 g/mol. The third kappa shape index (κ3) is 4.28. The summed E-state index contributed by atoms with van der Waals surface area (Å²) in [5.74, 6) is -0.0169. The number of amides is 3. The molecule has 0 aliphatic heterocycles. The van der Waals surface area contributed by atoms with Crippen LogP contribution in [0.4, 0.5) is 4.79 Å². The number of hydrogen-bond acceptors (Lipinski definition) is 2. The van der Waals surface area contributed by atoms with Gasteiger partial charge < -0.3 is 15.5 Å². The highest BCUT2D eigenvalue weighted by Crippen LogP contribution is 2.09.